The molecule has 0 fully saturated rings. The lowest BCUT2D eigenvalue weighted by atomic mass is 10.1. The first-order chi connectivity index (χ1) is 14.2. The van der Waals surface area contributed by atoms with Gasteiger partial charge in [-0.1, -0.05) is 18.2 Å². The number of hydrogen-bond donors (Lipinski definition) is 1. The number of fused-ring (bicyclic) bond motifs is 1. The summed E-state index contributed by atoms with van der Waals surface area (Å²) in [7, 11) is 1.49. The summed E-state index contributed by atoms with van der Waals surface area (Å²) in [5.41, 5.74) is 0.292. The summed E-state index contributed by atoms with van der Waals surface area (Å²) in [4.78, 5) is 33.4. The number of aromatic nitrogens is 3. The molecule has 0 aliphatic carbocycles. The molecule has 1 amide bonds. The Bertz CT molecular complexity index is 1210. The Kier molecular flexibility index (Phi) is 5.07. The number of ether oxygens (including phenoxy) is 1. The van der Waals surface area contributed by atoms with Crippen molar-refractivity contribution >= 4 is 16.9 Å². The predicted molar refractivity (Wildman–Crippen MR) is 107 cm³/mol. The second-order valence-corrected chi connectivity index (χ2v) is 6.24. The quantitative estimate of drug-likeness (QED) is 0.508. The second-order valence-electron chi connectivity index (χ2n) is 6.24. The molecule has 29 heavy (non-hydrogen) atoms. The molecule has 1 aromatic carbocycles. The van der Waals surface area contributed by atoms with E-state index in [0.717, 1.165) is 5.69 Å². The number of imidazole rings is 1. The molecular formula is C21H18N4O4. The molecule has 0 saturated carbocycles. The van der Waals surface area contributed by atoms with Crippen LogP contribution in [0.25, 0.3) is 22.5 Å². The van der Waals surface area contributed by atoms with Crippen molar-refractivity contribution in [2.75, 3.05) is 13.7 Å². The van der Waals surface area contributed by atoms with Crippen LogP contribution in [0.4, 0.5) is 0 Å². The summed E-state index contributed by atoms with van der Waals surface area (Å²) in [6, 6.07) is 12.3. The third-order valence-electron chi connectivity index (χ3n) is 4.44. The van der Waals surface area contributed by atoms with E-state index in [0.29, 0.717) is 35.6 Å². The van der Waals surface area contributed by atoms with E-state index >= 15 is 0 Å². The molecule has 0 radical (unpaired) electrons. The van der Waals surface area contributed by atoms with Crippen LogP contribution in [0.3, 0.4) is 0 Å². The Morgan fingerprint density at radius 2 is 2.07 bits per heavy atom. The van der Waals surface area contributed by atoms with E-state index in [-0.39, 0.29) is 5.56 Å². The van der Waals surface area contributed by atoms with Gasteiger partial charge in [-0.2, -0.15) is 0 Å². The highest BCUT2D eigenvalue weighted by atomic mass is 16.5. The number of para-hydroxylation sites is 1. The van der Waals surface area contributed by atoms with Crippen molar-refractivity contribution in [3.05, 3.63) is 77.0 Å². The second kappa shape index (κ2) is 7.97. The number of rotatable bonds is 6. The Balaban J connectivity index is 1.48. The molecule has 8 nitrogen and oxygen atoms in total. The summed E-state index contributed by atoms with van der Waals surface area (Å²) in [6.07, 6.45) is 5.19. The van der Waals surface area contributed by atoms with Crippen LogP contribution in [0.1, 0.15) is 10.4 Å². The monoisotopic (exact) mass is 390 g/mol. The van der Waals surface area contributed by atoms with Gasteiger partial charge in [-0.25, -0.2) is 9.78 Å². The smallest absolute Gasteiger partial charge is 0.349 e. The largest absolute Gasteiger partial charge is 0.493 e. The number of nitrogens with zero attached hydrogens (tertiary/aromatic N) is 3. The lowest BCUT2D eigenvalue weighted by Crippen LogP contribution is -2.31. The van der Waals surface area contributed by atoms with Gasteiger partial charge in [-0.05, 0) is 24.3 Å². The number of benzene rings is 1. The van der Waals surface area contributed by atoms with E-state index in [1.807, 2.05) is 29.0 Å². The zero-order chi connectivity index (χ0) is 20.2. The Labute approximate surface area is 165 Å². The van der Waals surface area contributed by atoms with Gasteiger partial charge in [-0.3, -0.25) is 9.78 Å². The minimum absolute atomic E-state index is 0.0543. The van der Waals surface area contributed by atoms with Gasteiger partial charge in [0, 0.05) is 37.1 Å². The number of amides is 1. The predicted octanol–water partition coefficient (Wildman–Crippen LogP) is 2.49. The number of carbonyl (C=O) groups excluding carboxylic acids is 1. The molecule has 1 N–H and O–H groups in total. The number of nitrogens with one attached hydrogen (secondary N) is 1. The molecule has 146 valence electrons. The van der Waals surface area contributed by atoms with Crippen LogP contribution in [-0.2, 0) is 6.54 Å². The lowest BCUT2D eigenvalue weighted by Gasteiger charge is -2.09. The molecule has 0 atom stereocenters. The molecular weight excluding hydrogens is 372 g/mol. The molecule has 0 unspecified atom stereocenters. The minimum Gasteiger partial charge on any atom is -0.493 e. The van der Waals surface area contributed by atoms with Gasteiger partial charge in [0.2, 0.25) is 0 Å². The van der Waals surface area contributed by atoms with Crippen LogP contribution in [0.2, 0.25) is 0 Å². The first-order valence-electron chi connectivity index (χ1n) is 8.99. The maximum absolute atomic E-state index is 12.5. The van der Waals surface area contributed by atoms with E-state index in [1.54, 1.807) is 30.6 Å². The fraction of sp³-hybridized carbons (Fsp3) is 0.143. The van der Waals surface area contributed by atoms with Crippen LogP contribution >= 0.6 is 0 Å². The molecule has 4 rings (SSSR count). The molecule has 8 heteroatoms. The van der Waals surface area contributed by atoms with Crippen LogP contribution in [0, 0.1) is 0 Å². The zero-order valence-electron chi connectivity index (χ0n) is 15.7. The van der Waals surface area contributed by atoms with Crippen molar-refractivity contribution in [2.45, 2.75) is 6.54 Å². The van der Waals surface area contributed by atoms with Crippen LogP contribution < -0.4 is 15.7 Å². The Hall–Kier alpha value is -3.94. The maximum Gasteiger partial charge on any atom is 0.349 e. The van der Waals surface area contributed by atoms with Gasteiger partial charge in [0.15, 0.2) is 17.2 Å². The number of hydrogen-bond acceptors (Lipinski definition) is 6. The van der Waals surface area contributed by atoms with Crippen LogP contribution in [0.5, 0.6) is 5.75 Å². The van der Waals surface area contributed by atoms with Gasteiger partial charge in [0.05, 0.1) is 7.11 Å². The molecule has 0 saturated heterocycles. The van der Waals surface area contributed by atoms with Crippen LogP contribution in [0.15, 0.2) is 70.3 Å². The summed E-state index contributed by atoms with van der Waals surface area (Å²) in [5, 5.41) is 3.36. The van der Waals surface area contributed by atoms with E-state index in [4.69, 9.17) is 9.15 Å². The molecule has 4 aromatic rings. The van der Waals surface area contributed by atoms with Crippen molar-refractivity contribution in [1.82, 2.24) is 19.9 Å². The van der Waals surface area contributed by atoms with Crippen molar-refractivity contribution < 1.29 is 13.9 Å². The molecule has 3 heterocycles. The van der Waals surface area contributed by atoms with Gasteiger partial charge in [0.25, 0.3) is 5.91 Å². The normalized spacial score (nSPS) is 10.8. The Morgan fingerprint density at radius 1 is 1.17 bits per heavy atom. The Morgan fingerprint density at radius 3 is 2.86 bits per heavy atom. The van der Waals surface area contributed by atoms with Crippen molar-refractivity contribution in [3.8, 4) is 17.3 Å². The summed E-state index contributed by atoms with van der Waals surface area (Å²) < 4.78 is 12.4. The highest BCUT2D eigenvalue weighted by Crippen LogP contribution is 2.24. The van der Waals surface area contributed by atoms with E-state index in [2.05, 4.69) is 15.3 Å². The average Bonchev–Trinajstić information content (AvgIpc) is 3.22. The molecule has 0 aliphatic rings. The van der Waals surface area contributed by atoms with Gasteiger partial charge in [-0.15, -0.1) is 0 Å². The minimum atomic E-state index is -0.712. The van der Waals surface area contributed by atoms with Gasteiger partial charge >= 0.3 is 5.63 Å². The topological polar surface area (TPSA) is 99.2 Å². The van der Waals surface area contributed by atoms with Crippen molar-refractivity contribution in [3.63, 3.8) is 0 Å². The fourth-order valence-electron chi connectivity index (χ4n) is 3.04. The maximum atomic E-state index is 12.5. The number of pyridine rings is 1. The molecule has 0 spiro atoms. The number of methoxy groups -OCH3 is 1. The first kappa shape index (κ1) is 18.4. The highest BCUT2D eigenvalue weighted by molar-refractivity contribution is 5.97. The summed E-state index contributed by atoms with van der Waals surface area (Å²) in [5.74, 6) is 0.647. The molecule has 3 aromatic heterocycles. The van der Waals surface area contributed by atoms with E-state index in [1.165, 1.54) is 13.2 Å². The standard InChI is InChI=1S/C21H18N4O4/c1-28-17-7-4-5-14-13-15(21(27)29-18(14)17)20(26)24-10-12-25-11-9-23-19(25)16-6-2-3-8-22-16/h2-9,11,13H,10,12H2,1H3,(H,24,26). The first-order valence-corrected chi connectivity index (χ1v) is 8.99. The van der Waals surface area contributed by atoms with E-state index < -0.39 is 11.5 Å². The highest BCUT2D eigenvalue weighted by Gasteiger charge is 2.15. The SMILES string of the molecule is COc1cccc2cc(C(=O)NCCn3ccnc3-c3ccccn3)c(=O)oc12. The third kappa shape index (κ3) is 3.73. The fourth-order valence-corrected chi connectivity index (χ4v) is 3.04. The van der Waals surface area contributed by atoms with Crippen LogP contribution in [-0.4, -0.2) is 34.1 Å². The zero-order valence-corrected chi connectivity index (χ0v) is 15.7. The van der Waals surface area contributed by atoms with Gasteiger partial charge in [0.1, 0.15) is 11.3 Å². The number of carbonyl (C=O) groups is 1. The van der Waals surface area contributed by atoms with Crippen molar-refractivity contribution in [1.29, 1.82) is 0 Å². The third-order valence-corrected chi connectivity index (χ3v) is 4.44. The van der Waals surface area contributed by atoms with Gasteiger partial charge < -0.3 is 19.0 Å². The lowest BCUT2D eigenvalue weighted by molar-refractivity contribution is 0.0948. The molecule has 0 aliphatic heterocycles. The summed E-state index contributed by atoms with van der Waals surface area (Å²) >= 11 is 0. The average molecular weight is 390 g/mol. The molecule has 0 bridgehead atoms. The summed E-state index contributed by atoms with van der Waals surface area (Å²) in [6.45, 7) is 0.787. The van der Waals surface area contributed by atoms with E-state index in [9.17, 15) is 9.59 Å². The van der Waals surface area contributed by atoms with Crippen molar-refractivity contribution in [2.24, 2.45) is 0 Å².